The number of hydrogen-bond donors (Lipinski definition) is 0. The Kier molecular flexibility index (Phi) is 5.29. The largest absolute Gasteiger partial charge is 0.366 e. The minimum atomic E-state index is -1.02. The van der Waals surface area contributed by atoms with Gasteiger partial charge in [-0.25, -0.2) is 0 Å². The molecule has 2 heteroatoms. The van der Waals surface area contributed by atoms with Crippen LogP contribution in [0.5, 0.6) is 0 Å². The van der Waals surface area contributed by atoms with Crippen molar-refractivity contribution in [3.8, 4) is 11.1 Å². The summed E-state index contributed by atoms with van der Waals surface area (Å²) in [6.07, 6.45) is 0. The lowest BCUT2D eigenvalue weighted by atomic mass is 9.86. The SMILES string of the molecule is COC(C)(C(=O)c1cccc(-c2ccc(C)c(C)c2)c1)c1ccc(C)cc1. The summed E-state index contributed by atoms with van der Waals surface area (Å²) >= 11 is 0. The van der Waals surface area contributed by atoms with Crippen LogP contribution in [0.4, 0.5) is 0 Å². The molecule has 0 fully saturated rings. The van der Waals surface area contributed by atoms with Gasteiger partial charge in [0.15, 0.2) is 11.4 Å². The summed E-state index contributed by atoms with van der Waals surface area (Å²) < 4.78 is 5.71. The molecule has 0 amide bonds. The van der Waals surface area contributed by atoms with Crippen LogP contribution in [0.1, 0.15) is 39.5 Å². The summed E-state index contributed by atoms with van der Waals surface area (Å²) in [5.41, 5.74) is 6.29. The quantitative estimate of drug-likeness (QED) is 0.521. The van der Waals surface area contributed by atoms with E-state index in [1.807, 2.05) is 62.4 Å². The van der Waals surface area contributed by atoms with Crippen molar-refractivity contribution in [2.24, 2.45) is 0 Å². The fourth-order valence-corrected chi connectivity index (χ4v) is 3.25. The van der Waals surface area contributed by atoms with E-state index in [0.29, 0.717) is 5.56 Å². The van der Waals surface area contributed by atoms with Crippen LogP contribution in [0.15, 0.2) is 66.7 Å². The summed E-state index contributed by atoms with van der Waals surface area (Å²) in [6, 6.07) is 22.1. The van der Waals surface area contributed by atoms with Gasteiger partial charge in [0.1, 0.15) is 0 Å². The highest BCUT2D eigenvalue weighted by Crippen LogP contribution is 2.31. The number of carbonyl (C=O) groups is 1. The van der Waals surface area contributed by atoms with Crippen molar-refractivity contribution in [3.63, 3.8) is 0 Å². The van der Waals surface area contributed by atoms with Gasteiger partial charge < -0.3 is 4.74 Å². The monoisotopic (exact) mass is 358 g/mol. The zero-order valence-corrected chi connectivity index (χ0v) is 16.7. The van der Waals surface area contributed by atoms with Gasteiger partial charge in [-0.1, -0.05) is 66.2 Å². The molecule has 0 aliphatic heterocycles. The van der Waals surface area contributed by atoms with Gasteiger partial charge in [0, 0.05) is 12.7 Å². The summed E-state index contributed by atoms with van der Waals surface area (Å²) in [7, 11) is 1.59. The van der Waals surface area contributed by atoms with Gasteiger partial charge in [0.25, 0.3) is 0 Å². The summed E-state index contributed by atoms with van der Waals surface area (Å²) in [5, 5.41) is 0. The van der Waals surface area contributed by atoms with E-state index in [4.69, 9.17) is 4.74 Å². The number of methoxy groups -OCH3 is 1. The Bertz CT molecular complexity index is 970. The molecule has 0 aliphatic carbocycles. The first kappa shape index (κ1) is 19.1. The predicted molar refractivity (Wildman–Crippen MR) is 111 cm³/mol. The average molecular weight is 358 g/mol. The van der Waals surface area contributed by atoms with E-state index in [9.17, 15) is 4.79 Å². The fraction of sp³-hybridized carbons (Fsp3) is 0.240. The minimum absolute atomic E-state index is 0.0421. The lowest BCUT2D eigenvalue weighted by molar-refractivity contribution is 0.0101. The third-order valence-corrected chi connectivity index (χ3v) is 5.41. The van der Waals surface area contributed by atoms with Crippen LogP contribution >= 0.6 is 0 Å². The van der Waals surface area contributed by atoms with E-state index in [0.717, 1.165) is 22.3 Å². The second-order valence-electron chi connectivity index (χ2n) is 7.31. The second kappa shape index (κ2) is 7.50. The highest BCUT2D eigenvalue weighted by Gasteiger charge is 2.35. The third kappa shape index (κ3) is 3.72. The standard InChI is InChI=1S/C25H26O2/c1-17-9-13-23(14-10-17)25(4,27-5)24(26)22-8-6-7-20(16-22)21-12-11-18(2)19(3)15-21/h6-16H,1-5H3. The van der Waals surface area contributed by atoms with Crippen molar-refractivity contribution in [3.05, 3.63) is 94.5 Å². The number of aryl methyl sites for hydroxylation is 3. The zero-order valence-electron chi connectivity index (χ0n) is 16.7. The van der Waals surface area contributed by atoms with E-state index in [2.05, 4.69) is 32.0 Å². The summed E-state index contributed by atoms with van der Waals surface area (Å²) in [4.78, 5) is 13.4. The molecule has 0 heterocycles. The fourth-order valence-electron chi connectivity index (χ4n) is 3.25. The number of hydrogen-bond acceptors (Lipinski definition) is 2. The number of benzene rings is 3. The van der Waals surface area contributed by atoms with Crippen LogP contribution in [0.2, 0.25) is 0 Å². The first-order valence-electron chi connectivity index (χ1n) is 9.20. The molecular formula is C25H26O2. The Morgan fingerprint density at radius 3 is 2.11 bits per heavy atom. The molecule has 0 saturated heterocycles. The molecule has 1 atom stereocenters. The van der Waals surface area contributed by atoms with Gasteiger partial charge >= 0.3 is 0 Å². The van der Waals surface area contributed by atoms with Gasteiger partial charge in [-0.3, -0.25) is 4.79 Å². The smallest absolute Gasteiger partial charge is 0.198 e. The third-order valence-electron chi connectivity index (χ3n) is 5.41. The molecule has 138 valence electrons. The van der Waals surface area contributed by atoms with E-state index in [1.54, 1.807) is 7.11 Å². The maximum absolute atomic E-state index is 13.4. The molecule has 3 aromatic rings. The van der Waals surface area contributed by atoms with Crippen LogP contribution < -0.4 is 0 Å². The van der Waals surface area contributed by atoms with Crippen LogP contribution in [-0.2, 0) is 10.3 Å². The van der Waals surface area contributed by atoms with Crippen molar-refractivity contribution >= 4 is 5.78 Å². The maximum Gasteiger partial charge on any atom is 0.198 e. The Balaban J connectivity index is 2.01. The number of rotatable bonds is 5. The first-order chi connectivity index (χ1) is 12.8. The summed E-state index contributed by atoms with van der Waals surface area (Å²) in [5.74, 6) is -0.0421. The number of ketones is 1. The van der Waals surface area contributed by atoms with Crippen molar-refractivity contribution in [2.75, 3.05) is 7.11 Å². The molecule has 1 unspecified atom stereocenters. The Hall–Kier alpha value is -2.71. The lowest BCUT2D eigenvalue weighted by Gasteiger charge is -2.27. The number of carbonyl (C=O) groups excluding carboxylic acids is 1. The highest BCUT2D eigenvalue weighted by molar-refractivity contribution is 6.03. The van der Waals surface area contributed by atoms with E-state index in [-0.39, 0.29) is 5.78 Å². The molecule has 0 bridgehead atoms. The van der Waals surface area contributed by atoms with Gasteiger partial charge in [-0.15, -0.1) is 0 Å². The van der Waals surface area contributed by atoms with Crippen LogP contribution in [-0.4, -0.2) is 12.9 Å². The maximum atomic E-state index is 13.4. The Morgan fingerprint density at radius 2 is 1.48 bits per heavy atom. The highest BCUT2D eigenvalue weighted by atomic mass is 16.5. The molecule has 27 heavy (non-hydrogen) atoms. The van der Waals surface area contributed by atoms with Crippen LogP contribution in [0.25, 0.3) is 11.1 Å². The van der Waals surface area contributed by atoms with Gasteiger partial charge in [-0.2, -0.15) is 0 Å². The molecule has 2 nitrogen and oxygen atoms in total. The molecule has 0 N–H and O–H groups in total. The van der Waals surface area contributed by atoms with E-state index in [1.165, 1.54) is 11.1 Å². The molecule has 0 aromatic heterocycles. The molecule has 3 aromatic carbocycles. The van der Waals surface area contributed by atoms with Crippen molar-refractivity contribution in [1.82, 2.24) is 0 Å². The molecule has 0 saturated carbocycles. The zero-order chi connectivity index (χ0) is 19.6. The topological polar surface area (TPSA) is 26.3 Å². The Labute approximate surface area is 161 Å². The van der Waals surface area contributed by atoms with Crippen molar-refractivity contribution in [2.45, 2.75) is 33.3 Å². The second-order valence-corrected chi connectivity index (χ2v) is 7.31. The molecule has 0 radical (unpaired) electrons. The predicted octanol–water partition coefficient (Wildman–Crippen LogP) is 6.02. The Morgan fingerprint density at radius 1 is 0.815 bits per heavy atom. The van der Waals surface area contributed by atoms with Crippen LogP contribution in [0, 0.1) is 20.8 Å². The number of ether oxygens (including phenoxy) is 1. The number of Topliss-reactive ketones (excluding diaryl/α,β-unsaturated/α-hetero) is 1. The molecule has 0 spiro atoms. The molecule has 0 aliphatic rings. The van der Waals surface area contributed by atoms with Gasteiger partial charge in [-0.05, 0) is 61.6 Å². The van der Waals surface area contributed by atoms with Gasteiger partial charge in [0.2, 0.25) is 0 Å². The van der Waals surface area contributed by atoms with Crippen LogP contribution in [0.3, 0.4) is 0 Å². The average Bonchev–Trinajstić information content (AvgIpc) is 2.69. The molecular weight excluding hydrogens is 332 g/mol. The van der Waals surface area contributed by atoms with Gasteiger partial charge in [0.05, 0.1) is 0 Å². The first-order valence-corrected chi connectivity index (χ1v) is 9.20. The van der Waals surface area contributed by atoms with Crippen molar-refractivity contribution < 1.29 is 9.53 Å². The normalized spacial score (nSPS) is 13.2. The minimum Gasteiger partial charge on any atom is -0.366 e. The van der Waals surface area contributed by atoms with E-state index < -0.39 is 5.60 Å². The van der Waals surface area contributed by atoms with Crippen molar-refractivity contribution in [1.29, 1.82) is 0 Å². The molecule has 3 rings (SSSR count). The summed E-state index contributed by atoms with van der Waals surface area (Å²) in [6.45, 7) is 8.07. The van der Waals surface area contributed by atoms with E-state index >= 15 is 0 Å². The lowest BCUT2D eigenvalue weighted by Crippen LogP contribution is -2.34.